The number of carboxylic acid groups (broad SMARTS) is 2. The lowest BCUT2D eigenvalue weighted by Gasteiger charge is -2.14. The highest BCUT2D eigenvalue weighted by molar-refractivity contribution is 5.78. The van der Waals surface area contributed by atoms with Crippen LogP contribution in [0.1, 0.15) is 47.0 Å². The van der Waals surface area contributed by atoms with Crippen LogP contribution in [0, 0.1) is 17.8 Å². The molecule has 0 bridgehead atoms. The molecule has 3 unspecified atom stereocenters. The highest BCUT2D eigenvalue weighted by Crippen LogP contribution is 2.15. The molecule has 3 atom stereocenters. The van der Waals surface area contributed by atoms with Crippen LogP contribution in [0.25, 0.3) is 0 Å². The van der Waals surface area contributed by atoms with Crippen LogP contribution >= 0.6 is 0 Å². The van der Waals surface area contributed by atoms with Gasteiger partial charge in [-0.2, -0.15) is 0 Å². The van der Waals surface area contributed by atoms with Crippen molar-refractivity contribution in [2.24, 2.45) is 23.6 Å². The fourth-order valence-electron chi connectivity index (χ4n) is 1.29. The maximum absolute atomic E-state index is 11.0. The van der Waals surface area contributed by atoms with Crippen LogP contribution in [-0.4, -0.2) is 28.1 Å². The van der Waals surface area contributed by atoms with Crippen LogP contribution in [0.5, 0.6) is 0 Å². The number of carbonyl (C=O) groups excluding carboxylic acids is 1. The summed E-state index contributed by atoms with van der Waals surface area (Å²) < 4.78 is 0. The number of hydrogen-bond donors (Lipinski definition) is 4. The molecule has 5 N–H and O–H groups in total. The van der Waals surface area contributed by atoms with Crippen LogP contribution in [0.15, 0.2) is 0 Å². The van der Waals surface area contributed by atoms with Gasteiger partial charge in [-0.15, -0.1) is 0 Å². The third-order valence-corrected chi connectivity index (χ3v) is 3.10. The van der Waals surface area contributed by atoms with Gasteiger partial charge < -0.3 is 10.2 Å². The first kappa shape index (κ1) is 20.7. The molecule has 0 aliphatic heterocycles. The Bertz CT molecular complexity index is 320. The lowest BCUT2D eigenvalue weighted by Crippen LogP contribution is -2.36. The van der Waals surface area contributed by atoms with Gasteiger partial charge in [0.2, 0.25) is 5.91 Å². The van der Waals surface area contributed by atoms with E-state index in [2.05, 4.69) is 0 Å². The molecule has 0 rings (SSSR count). The van der Waals surface area contributed by atoms with Crippen LogP contribution in [0.3, 0.4) is 0 Å². The zero-order valence-corrected chi connectivity index (χ0v) is 12.5. The summed E-state index contributed by atoms with van der Waals surface area (Å²) in [7, 11) is 0. The molecule has 0 fully saturated rings. The quantitative estimate of drug-likeness (QED) is 0.317. The minimum Gasteiger partial charge on any atom is -0.481 e. The predicted octanol–water partition coefficient (Wildman–Crippen LogP) is 1.23. The van der Waals surface area contributed by atoms with Gasteiger partial charge in [0, 0.05) is 5.92 Å². The predicted molar refractivity (Wildman–Crippen MR) is 74.6 cm³/mol. The average molecular weight is 290 g/mol. The lowest BCUT2D eigenvalue weighted by atomic mass is 9.93. The highest BCUT2D eigenvalue weighted by Gasteiger charge is 2.21. The maximum Gasteiger partial charge on any atom is 0.306 e. The standard InChI is InChI=1S/C8H16N2O3.C5H10O2/c1-3-6(8(12)13)4-5(2)7(11)10-9;1-3-4(2)5(6)7/h5-6H,3-4,9H2,1-2H3,(H,10,11)(H,12,13);4H,3H2,1-2H3,(H,6,7). The monoisotopic (exact) mass is 290 g/mol. The van der Waals surface area contributed by atoms with Gasteiger partial charge in [-0.25, -0.2) is 5.84 Å². The Morgan fingerprint density at radius 2 is 1.50 bits per heavy atom. The Kier molecular flexibility index (Phi) is 11.6. The van der Waals surface area contributed by atoms with Crippen LogP contribution in [0.4, 0.5) is 0 Å². The van der Waals surface area contributed by atoms with Crippen LogP contribution in [-0.2, 0) is 14.4 Å². The fourth-order valence-corrected chi connectivity index (χ4v) is 1.29. The SMILES string of the molecule is CCC(C)C(=O)O.CCC(CC(C)C(=O)NN)C(=O)O. The van der Waals surface area contributed by atoms with Crippen molar-refractivity contribution in [3.05, 3.63) is 0 Å². The molecular formula is C13H26N2O5. The van der Waals surface area contributed by atoms with E-state index < -0.39 is 17.9 Å². The lowest BCUT2D eigenvalue weighted by molar-refractivity contribution is -0.143. The second kappa shape index (κ2) is 11.2. The molecule has 0 saturated carbocycles. The minimum atomic E-state index is -0.862. The zero-order valence-electron chi connectivity index (χ0n) is 12.5. The summed E-state index contributed by atoms with van der Waals surface area (Å²) in [5, 5.41) is 16.9. The summed E-state index contributed by atoms with van der Waals surface area (Å²) in [5.41, 5.74) is 2.00. The van der Waals surface area contributed by atoms with Gasteiger partial charge in [-0.3, -0.25) is 19.8 Å². The number of carboxylic acids is 2. The van der Waals surface area contributed by atoms with Crippen molar-refractivity contribution < 1.29 is 24.6 Å². The first-order valence-electron chi connectivity index (χ1n) is 6.67. The normalized spacial score (nSPS) is 14.2. The van der Waals surface area contributed by atoms with E-state index in [1.165, 1.54) is 0 Å². The van der Waals surface area contributed by atoms with Gasteiger partial charge in [0.15, 0.2) is 0 Å². The van der Waals surface area contributed by atoms with Crippen LogP contribution < -0.4 is 11.3 Å². The molecule has 0 aromatic heterocycles. The number of aliphatic carboxylic acids is 2. The molecule has 7 nitrogen and oxygen atoms in total. The molecule has 20 heavy (non-hydrogen) atoms. The van der Waals surface area contributed by atoms with E-state index in [4.69, 9.17) is 16.1 Å². The van der Waals surface area contributed by atoms with Gasteiger partial charge >= 0.3 is 11.9 Å². The van der Waals surface area contributed by atoms with Gasteiger partial charge in [-0.05, 0) is 19.3 Å². The van der Waals surface area contributed by atoms with Crippen molar-refractivity contribution in [3.8, 4) is 0 Å². The highest BCUT2D eigenvalue weighted by atomic mass is 16.4. The molecular weight excluding hydrogens is 264 g/mol. The number of amides is 1. The summed E-state index contributed by atoms with van der Waals surface area (Å²) in [5.74, 6) is 2.03. The second-order valence-corrected chi connectivity index (χ2v) is 4.74. The molecule has 0 saturated heterocycles. The Morgan fingerprint density at radius 3 is 1.70 bits per heavy atom. The smallest absolute Gasteiger partial charge is 0.306 e. The molecule has 0 aliphatic carbocycles. The van der Waals surface area contributed by atoms with E-state index in [0.717, 1.165) is 6.42 Å². The second-order valence-electron chi connectivity index (χ2n) is 4.74. The number of carbonyl (C=O) groups is 3. The molecule has 7 heteroatoms. The Balaban J connectivity index is 0. The maximum atomic E-state index is 11.0. The topological polar surface area (TPSA) is 130 Å². The molecule has 0 spiro atoms. The first-order chi connectivity index (χ1) is 9.20. The molecule has 0 aromatic carbocycles. The van der Waals surface area contributed by atoms with E-state index in [9.17, 15) is 14.4 Å². The van der Waals surface area contributed by atoms with E-state index in [1.54, 1.807) is 20.8 Å². The molecule has 0 heterocycles. The van der Waals surface area contributed by atoms with E-state index in [0.29, 0.717) is 12.8 Å². The van der Waals surface area contributed by atoms with Crippen LogP contribution in [0.2, 0.25) is 0 Å². The van der Waals surface area contributed by atoms with Gasteiger partial charge in [-0.1, -0.05) is 27.7 Å². The summed E-state index contributed by atoms with van der Waals surface area (Å²) >= 11 is 0. The fraction of sp³-hybridized carbons (Fsp3) is 0.769. The molecule has 0 aliphatic rings. The number of rotatable bonds is 7. The number of nitrogens with one attached hydrogen (secondary N) is 1. The van der Waals surface area contributed by atoms with Crippen molar-refractivity contribution >= 4 is 17.8 Å². The number of hydrogen-bond acceptors (Lipinski definition) is 4. The summed E-state index contributed by atoms with van der Waals surface area (Å²) in [6.07, 6.45) is 1.57. The molecule has 1 amide bonds. The Hall–Kier alpha value is -1.63. The molecule has 0 aromatic rings. The summed E-state index contributed by atoms with van der Waals surface area (Å²) in [4.78, 5) is 31.5. The van der Waals surface area contributed by atoms with Gasteiger partial charge in [0.25, 0.3) is 0 Å². The molecule has 118 valence electrons. The van der Waals surface area contributed by atoms with Crippen molar-refractivity contribution in [2.75, 3.05) is 0 Å². The number of nitrogens with two attached hydrogens (primary N) is 1. The van der Waals surface area contributed by atoms with E-state index in [-0.39, 0.29) is 17.7 Å². The first-order valence-corrected chi connectivity index (χ1v) is 6.67. The summed E-state index contributed by atoms with van der Waals surface area (Å²) in [6, 6.07) is 0. The molecule has 0 radical (unpaired) electrons. The Morgan fingerprint density at radius 1 is 1.00 bits per heavy atom. The average Bonchev–Trinajstić information content (AvgIpc) is 2.42. The third kappa shape index (κ3) is 9.32. The Labute approximate surface area is 119 Å². The van der Waals surface area contributed by atoms with Crippen molar-refractivity contribution in [2.45, 2.75) is 47.0 Å². The number of hydrazine groups is 1. The van der Waals surface area contributed by atoms with E-state index >= 15 is 0 Å². The van der Waals surface area contributed by atoms with E-state index in [1.807, 2.05) is 12.3 Å². The largest absolute Gasteiger partial charge is 0.481 e. The van der Waals surface area contributed by atoms with Gasteiger partial charge in [0.1, 0.15) is 0 Å². The van der Waals surface area contributed by atoms with Crippen molar-refractivity contribution in [1.29, 1.82) is 0 Å². The van der Waals surface area contributed by atoms with Crippen molar-refractivity contribution in [1.82, 2.24) is 5.43 Å². The third-order valence-electron chi connectivity index (χ3n) is 3.10. The minimum absolute atomic E-state index is 0.181. The zero-order chi connectivity index (χ0) is 16.3. The van der Waals surface area contributed by atoms with Gasteiger partial charge in [0.05, 0.1) is 11.8 Å². The van der Waals surface area contributed by atoms with Crippen molar-refractivity contribution in [3.63, 3.8) is 0 Å². The summed E-state index contributed by atoms with van der Waals surface area (Å²) in [6.45, 7) is 7.00.